The molecular weight excluding hydrogens is 463 g/mol. The third-order valence-corrected chi connectivity index (χ3v) is 5.14. The number of nitrogens with one attached hydrogen (secondary N) is 2. The largest absolute Gasteiger partial charge is 0.385 e. The molecule has 0 spiro atoms. The van der Waals surface area contributed by atoms with Gasteiger partial charge in [-0.25, -0.2) is 0 Å². The zero-order valence-electron chi connectivity index (χ0n) is 16.1. The fourth-order valence-electron chi connectivity index (χ4n) is 2.94. The lowest BCUT2D eigenvalue weighted by Crippen LogP contribution is -2.44. The quantitative estimate of drug-likeness (QED) is 0.238. The van der Waals surface area contributed by atoms with Crippen molar-refractivity contribution in [3.05, 3.63) is 22.4 Å². The van der Waals surface area contributed by atoms with Gasteiger partial charge in [-0.2, -0.15) is 0 Å². The normalized spacial score (nSPS) is 19.7. The van der Waals surface area contributed by atoms with Crippen LogP contribution in [0.4, 0.5) is 0 Å². The van der Waals surface area contributed by atoms with Crippen molar-refractivity contribution in [1.82, 2.24) is 15.5 Å². The van der Waals surface area contributed by atoms with E-state index in [1.54, 1.807) is 18.4 Å². The van der Waals surface area contributed by atoms with E-state index in [4.69, 9.17) is 14.5 Å². The summed E-state index contributed by atoms with van der Waals surface area (Å²) in [6.07, 6.45) is 1.25. The van der Waals surface area contributed by atoms with Gasteiger partial charge in [0.15, 0.2) is 5.96 Å². The Balaban J connectivity index is 0.00000338. The van der Waals surface area contributed by atoms with Crippen LogP contribution in [0.2, 0.25) is 0 Å². The maximum Gasteiger partial charge on any atom is 0.191 e. The molecule has 1 aliphatic heterocycles. The van der Waals surface area contributed by atoms with E-state index in [0.717, 1.165) is 58.3 Å². The highest BCUT2D eigenvalue weighted by Crippen LogP contribution is 2.27. The molecule has 2 N–H and O–H groups in total. The van der Waals surface area contributed by atoms with Crippen LogP contribution in [0.25, 0.3) is 0 Å². The van der Waals surface area contributed by atoms with E-state index in [9.17, 15) is 0 Å². The molecule has 2 atom stereocenters. The maximum absolute atomic E-state index is 5.71. The van der Waals surface area contributed by atoms with Crippen LogP contribution < -0.4 is 10.6 Å². The fraction of sp³-hybridized carbons (Fsp3) is 0.722. The van der Waals surface area contributed by atoms with Crippen molar-refractivity contribution in [2.45, 2.75) is 32.4 Å². The summed E-state index contributed by atoms with van der Waals surface area (Å²) >= 11 is 1.81. The number of halogens is 1. The molecule has 150 valence electrons. The molecule has 0 radical (unpaired) electrons. The summed E-state index contributed by atoms with van der Waals surface area (Å²) < 4.78 is 10.8. The lowest BCUT2D eigenvalue weighted by Gasteiger charge is -2.36. The minimum atomic E-state index is 0. The zero-order valence-corrected chi connectivity index (χ0v) is 19.2. The van der Waals surface area contributed by atoms with Crippen LogP contribution in [-0.4, -0.2) is 70.0 Å². The number of morpholine rings is 1. The highest BCUT2D eigenvalue weighted by Gasteiger charge is 2.26. The number of ether oxygens (including phenoxy) is 2. The van der Waals surface area contributed by atoms with E-state index in [0.29, 0.717) is 6.04 Å². The number of thiophene rings is 1. The molecule has 2 rings (SSSR count). The van der Waals surface area contributed by atoms with E-state index in [1.165, 1.54) is 4.88 Å². The third kappa shape index (κ3) is 8.08. The SMILES string of the molecule is CCNC(=NCC(c1cccs1)N1CCOC(C)C1)NCCCOC.I. The molecule has 2 unspecified atom stereocenters. The van der Waals surface area contributed by atoms with Crippen molar-refractivity contribution < 1.29 is 9.47 Å². The number of hydrogen-bond donors (Lipinski definition) is 2. The van der Waals surface area contributed by atoms with Crippen LogP contribution in [0.1, 0.15) is 31.2 Å². The second-order valence-corrected chi connectivity index (χ2v) is 7.18. The van der Waals surface area contributed by atoms with Gasteiger partial charge in [-0.3, -0.25) is 9.89 Å². The van der Waals surface area contributed by atoms with Gasteiger partial charge in [0.25, 0.3) is 0 Å². The van der Waals surface area contributed by atoms with Gasteiger partial charge in [-0.15, -0.1) is 35.3 Å². The molecule has 6 nitrogen and oxygen atoms in total. The van der Waals surface area contributed by atoms with Gasteiger partial charge in [0.2, 0.25) is 0 Å². The topological polar surface area (TPSA) is 58.1 Å². The first-order valence-electron chi connectivity index (χ1n) is 9.14. The smallest absolute Gasteiger partial charge is 0.191 e. The molecule has 0 aliphatic carbocycles. The lowest BCUT2D eigenvalue weighted by atomic mass is 10.1. The molecule has 0 amide bonds. The molecule has 1 aliphatic rings. The number of hydrogen-bond acceptors (Lipinski definition) is 5. The first kappa shape index (κ1) is 23.6. The summed E-state index contributed by atoms with van der Waals surface area (Å²) in [6, 6.07) is 4.64. The van der Waals surface area contributed by atoms with Crippen molar-refractivity contribution in [2.75, 3.05) is 53.0 Å². The van der Waals surface area contributed by atoms with Crippen LogP contribution in [0.15, 0.2) is 22.5 Å². The van der Waals surface area contributed by atoms with Crippen molar-refractivity contribution in [3.63, 3.8) is 0 Å². The van der Waals surface area contributed by atoms with Gasteiger partial charge < -0.3 is 20.1 Å². The Morgan fingerprint density at radius 1 is 1.50 bits per heavy atom. The van der Waals surface area contributed by atoms with Gasteiger partial charge in [-0.05, 0) is 31.7 Å². The van der Waals surface area contributed by atoms with Crippen LogP contribution in [0.3, 0.4) is 0 Å². The molecular formula is C18H33IN4O2S. The van der Waals surface area contributed by atoms with E-state index in [-0.39, 0.29) is 30.1 Å². The van der Waals surface area contributed by atoms with Gasteiger partial charge in [-0.1, -0.05) is 6.07 Å². The summed E-state index contributed by atoms with van der Waals surface area (Å²) in [5.74, 6) is 0.876. The Labute approximate surface area is 178 Å². The van der Waals surface area contributed by atoms with Crippen LogP contribution in [0, 0.1) is 0 Å². The summed E-state index contributed by atoms with van der Waals surface area (Å²) in [7, 11) is 1.73. The number of rotatable bonds is 9. The Morgan fingerprint density at radius 3 is 3.00 bits per heavy atom. The third-order valence-electron chi connectivity index (χ3n) is 4.17. The van der Waals surface area contributed by atoms with Crippen molar-refractivity contribution in [1.29, 1.82) is 0 Å². The first-order valence-corrected chi connectivity index (χ1v) is 10.0. The summed E-state index contributed by atoms with van der Waals surface area (Å²) in [4.78, 5) is 8.71. The molecule has 26 heavy (non-hydrogen) atoms. The summed E-state index contributed by atoms with van der Waals surface area (Å²) in [6.45, 7) is 10.2. The van der Waals surface area contributed by atoms with Gasteiger partial charge in [0.1, 0.15) is 0 Å². The molecule has 0 bridgehead atoms. The van der Waals surface area contributed by atoms with Crippen molar-refractivity contribution in [3.8, 4) is 0 Å². The second kappa shape index (κ2) is 13.7. The Kier molecular flexibility index (Phi) is 12.4. The lowest BCUT2D eigenvalue weighted by molar-refractivity contribution is -0.0327. The monoisotopic (exact) mass is 496 g/mol. The molecule has 1 saturated heterocycles. The van der Waals surface area contributed by atoms with Crippen molar-refractivity contribution >= 4 is 41.3 Å². The average Bonchev–Trinajstić information content (AvgIpc) is 3.13. The summed E-state index contributed by atoms with van der Waals surface area (Å²) in [5.41, 5.74) is 0. The van der Waals surface area contributed by atoms with Crippen molar-refractivity contribution in [2.24, 2.45) is 4.99 Å². The number of methoxy groups -OCH3 is 1. The molecule has 0 aromatic carbocycles. The molecule has 1 aromatic rings. The predicted octanol–water partition coefficient (Wildman–Crippen LogP) is 2.72. The standard InChI is InChI=1S/C18H32N4O2S.HI/c1-4-19-18(20-8-6-10-23-3)21-13-16(17-7-5-12-25-17)22-9-11-24-15(2)14-22;/h5,7,12,15-16H,4,6,8-11,13-14H2,1-3H3,(H2,19,20,21);1H. The van der Waals surface area contributed by atoms with Gasteiger partial charge in [0, 0.05) is 44.8 Å². The van der Waals surface area contributed by atoms with Crippen LogP contribution in [-0.2, 0) is 9.47 Å². The minimum Gasteiger partial charge on any atom is -0.385 e. The zero-order chi connectivity index (χ0) is 17.9. The summed E-state index contributed by atoms with van der Waals surface area (Å²) in [5, 5.41) is 8.86. The number of guanidine groups is 1. The highest BCUT2D eigenvalue weighted by molar-refractivity contribution is 14.0. The highest BCUT2D eigenvalue weighted by atomic mass is 127. The van der Waals surface area contributed by atoms with E-state index < -0.39 is 0 Å². The van der Waals surface area contributed by atoms with Gasteiger partial charge >= 0.3 is 0 Å². The molecule has 1 fully saturated rings. The van der Waals surface area contributed by atoms with E-state index in [2.05, 4.69) is 46.9 Å². The molecule has 8 heteroatoms. The first-order chi connectivity index (χ1) is 12.2. The average molecular weight is 496 g/mol. The maximum atomic E-state index is 5.71. The second-order valence-electron chi connectivity index (χ2n) is 6.20. The van der Waals surface area contributed by atoms with E-state index >= 15 is 0 Å². The molecule has 0 saturated carbocycles. The van der Waals surface area contributed by atoms with E-state index in [1.807, 2.05) is 0 Å². The number of aliphatic imine (C=N–C) groups is 1. The Morgan fingerprint density at radius 2 is 2.35 bits per heavy atom. The Hall–Kier alpha value is -0.420. The minimum absolute atomic E-state index is 0. The molecule has 1 aromatic heterocycles. The Bertz CT molecular complexity index is 501. The fourth-order valence-corrected chi connectivity index (χ4v) is 3.79. The molecule has 2 heterocycles. The van der Waals surface area contributed by atoms with Crippen LogP contribution in [0.5, 0.6) is 0 Å². The van der Waals surface area contributed by atoms with Crippen LogP contribution >= 0.6 is 35.3 Å². The van der Waals surface area contributed by atoms with Gasteiger partial charge in [0.05, 0.1) is 25.3 Å². The number of nitrogens with zero attached hydrogens (tertiary/aromatic N) is 2. The predicted molar refractivity (Wildman–Crippen MR) is 120 cm³/mol.